The number of fused-ring (bicyclic) bond motifs is 1. The standard InChI is InChI=1S/C23H25N9O2/c1-15-24-12-19(29(15)2)18-11-20-30(3)23(34)17(9-10-32(20)27-18)26-22(33)21-25-14-31(28-21)13-16-7-5-4-6-8-16/h4-8,11-12,14,17H,9-10,13H2,1-3H3,(H,26,33)/t17-/m0/s1. The summed E-state index contributed by atoms with van der Waals surface area (Å²) in [7, 11) is 3.61. The van der Waals surface area contributed by atoms with Crippen molar-refractivity contribution in [1.82, 2.24) is 39.4 Å². The Morgan fingerprint density at radius 3 is 2.68 bits per heavy atom. The van der Waals surface area contributed by atoms with Crippen molar-refractivity contribution in [3.8, 4) is 11.4 Å². The molecule has 2 amide bonds. The molecule has 11 nitrogen and oxygen atoms in total. The Morgan fingerprint density at radius 1 is 1.15 bits per heavy atom. The van der Waals surface area contributed by atoms with Crippen molar-refractivity contribution >= 4 is 17.6 Å². The molecule has 4 heterocycles. The molecule has 0 saturated heterocycles. The zero-order valence-corrected chi connectivity index (χ0v) is 19.2. The lowest BCUT2D eigenvalue weighted by Crippen LogP contribution is -2.47. The van der Waals surface area contributed by atoms with Crippen LogP contribution in [0.3, 0.4) is 0 Å². The van der Waals surface area contributed by atoms with Crippen LogP contribution in [-0.2, 0) is 24.9 Å². The maximum atomic E-state index is 13.1. The first-order valence-electron chi connectivity index (χ1n) is 11.0. The van der Waals surface area contributed by atoms with Crippen molar-refractivity contribution in [2.45, 2.75) is 32.5 Å². The molecule has 1 aliphatic heterocycles. The maximum absolute atomic E-state index is 13.1. The van der Waals surface area contributed by atoms with Gasteiger partial charge >= 0.3 is 0 Å². The molecular weight excluding hydrogens is 434 g/mol. The molecule has 174 valence electrons. The summed E-state index contributed by atoms with van der Waals surface area (Å²) in [5.74, 6) is 0.876. The van der Waals surface area contributed by atoms with E-state index in [1.807, 2.05) is 54.9 Å². The van der Waals surface area contributed by atoms with Gasteiger partial charge in [0, 0.05) is 26.7 Å². The normalized spacial score (nSPS) is 15.8. The highest BCUT2D eigenvalue weighted by Crippen LogP contribution is 2.27. The van der Waals surface area contributed by atoms with Crippen LogP contribution in [0.2, 0.25) is 0 Å². The smallest absolute Gasteiger partial charge is 0.291 e. The van der Waals surface area contributed by atoms with Crippen LogP contribution in [0.4, 0.5) is 5.82 Å². The van der Waals surface area contributed by atoms with Crippen molar-refractivity contribution < 1.29 is 9.59 Å². The molecule has 0 fully saturated rings. The van der Waals surface area contributed by atoms with Crippen molar-refractivity contribution in [1.29, 1.82) is 0 Å². The average Bonchev–Trinajstić information content (AvgIpc) is 3.54. The van der Waals surface area contributed by atoms with Crippen molar-refractivity contribution in [3.63, 3.8) is 0 Å². The number of anilines is 1. The van der Waals surface area contributed by atoms with Gasteiger partial charge in [0.1, 0.15) is 29.7 Å². The van der Waals surface area contributed by atoms with Gasteiger partial charge in [0.05, 0.1) is 18.4 Å². The van der Waals surface area contributed by atoms with Crippen LogP contribution in [-0.4, -0.2) is 59.0 Å². The van der Waals surface area contributed by atoms with Gasteiger partial charge in [-0.3, -0.25) is 14.5 Å². The number of hydrogen-bond acceptors (Lipinski definition) is 6. The number of nitrogens with one attached hydrogen (secondary N) is 1. The molecule has 0 radical (unpaired) electrons. The molecule has 0 bridgehead atoms. The monoisotopic (exact) mass is 459 g/mol. The molecule has 1 aliphatic rings. The number of hydrogen-bond donors (Lipinski definition) is 1. The number of aryl methyl sites for hydroxylation is 2. The number of aromatic nitrogens is 7. The Hall–Kier alpha value is -4.28. The summed E-state index contributed by atoms with van der Waals surface area (Å²) < 4.78 is 5.34. The zero-order valence-electron chi connectivity index (χ0n) is 19.2. The Bertz CT molecular complexity index is 1350. The van der Waals surface area contributed by atoms with Crippen molar-refractivity contribution in [2.75, 3.05) is 11.9 Å². The third kappa shape index (κ3) is 3.96. The topological polar surface area (TPSA) is 116 Å². The number of likely N-dealkylation sites (N-methyl/N-ethyl adjacent to an activating group) is 1. The summed E-state index contributed by atoms with van der Waals surface area (Å²) in [5, 5.41) is 11.7. The molecule has 11 heteroatoms. The van der Waals surface area contributed by atoms with E-state index in [2.05, 4.69) is 25.5 Å². The summed E-state index contributed by atoms with van der Waals surface area (Å²) in [6, 6.07) is 10.9. The molecule has 0 saturated carbocycles. The Morgan fingerprint density at radius 2 is 1.94 bits per heavy atom. The number of carbonyl (C=O) groups excluding carboxylic acids is 2. The molecule has 1 N–H and O–H groups in total. The van der Waals surface area contributed by atoms with E-state index >= 15 is 0 Å². The zero-order chi connectivity index (χ0) is 23.8. The number of nitrogens with zero attached hydrogens (tertiary/aromatic N) is 8. The van der Waals surface area contributed by atoms with E-state index in [1.165, 1.54) is 11.2 Å². The summed E-state index contributed by atoms with van der Waals surface area (Å²) >= 11 is 0. The third-order valence-corrected chi connectivity index (χ3v) is 6.08. The van der Waals surface area contributed by atoms with Gasteiger partial charge in [-0.2, -0.15) is 5.10 Å². The van der Waals surface area contributed by atoms with E-state index in [0.717, 1.165) is 22.8 Å². The average molecular weight is 460 g/mol. The largest absolute Gasteiger partial charge is 0.337 e. The van der Waals surface area contributed by atoms with E-state index < -0.39 is 11.9 Å². The molecule has 34 heavy (non-hydrogen) atoms. The fourth-order valence-electron chi connectivity index (χ4n) is 4.03. The number of rotatable bonds is 5. The highest BCUT2D eigenvalue weighted by molar-refractivity contribution is 6.01. The first kappa shape index (κ1) is 21.6. The lowest BCUT2D eigenvalue weighted by molar-refractivity contribution is -0.120. The van der Waals surface area contributed by atoms with Crippen LogP contribution in [0.5, 0.6) is 0 Å². The fraction of sp³-hybridized carbons (Fsp3) is 0.304. The summed E-state index contributed by atoms with van der Waals surface area (Å²) in [4.78, 5) is 35.9. The van der Waals surface area contributed by atoms with Gasteiger partial charge in [-0.15, -0.1) is 5.10 Å². The van der Waals surface area contributed by atoms with Gasteiger partial charge in [-0.1, -0.05) is 30.3 Å². The molecule has 1 atom stereocenters. The lowest BCUT2D eigenvalue weighted by Gasteiger charge is -2.19. The van der Waals surface area contributed by atoms with Gasteiger partial charge in [0.2, 0.25) is 5.82 Å². The molecule has 3 aromatic heterocycles. The van der Waals surface area contributed by atoms with Crippen LogP contribution in [0.1, 0.15) is 28.4 Å². The minimum Gasteiger partial charge on any atom is -0.337 e. The maximum Gasteiger partial charge on any atom is 0.291 e. The predicted molar refractivity (Wildman–Crippen MR) is 124 cm³/mol. The summed E-state index contributed by atoms with van der Waals surface area (Å²) in [6.07, 6.45) is 3.69. The second-order valence-electron chi connectivity index (χ2n) is 8.32. The summed E-state index contributed by atoms with van der Waals surface area (Å²) in [5.41, 5.74) is 2.67. The molecular formula is C23H25N9O2. The van der Waals surface area contributed by atoms with Gasteiger partial charge in [-0.05, 0) is 18.9 Å². The lowest BCUT2D eigenvalue weighted by atomic mass is 10.2. The highest BCUT2D eigenvalue weighted by atomic mass is 16.2. The molecule has 0 aliphatic carbocycles. The van der Waals surface area contributed by atoms with Crippen LogP contribution in [0, 0.1) is 6.92 Å². The minimum absolute atomic E-state index is 0.0298. The van der Waals surface area contributed by atoms with Crippen LogP contribution in [0.15, 0.2) is 48.9 Å². The van der Waals surface area contributed by atoms with E-state index in [4.69, 9.17) is 0 Å². The van der Waals surface area contributed by atoms with Crippen LogP contribution in [0.25, 0.3) is 11.4 Å². The Balaban J connectivity index is 1.28. The van der Waals surface area contributed by atoms with Crippen LogP contribution < -0.4 is 10.2 Å². The van der Waals surface area contributed by atoms with Crippen molar-refractivity contribution in [2.24, 2.45) is 7.05 Å². The van der Waals surface area contributed by atoms with Crippen molar-refractivity contribution in [3.05, 3.63) is 66.1 Å². The number of imidazole rings is 1. The van der Waals surface area contributed by atoms with Gasteiger partial charge < -0.3 is 9.88 Å². The predicted octanol–water partition coefficient (Wildman–Crippen LogP) is 1.40. The summed E-state index contributed by atoms with van der Waals surface area (Å²) in [6.45, 7) is 2.90. The van der Waals surface area contributed by atoms with E-state index in [0.29, 0.717) is 25.3 Å². The third-order valence-electron chi connectivity index (χ3n) is 6.08. The van der Waals surface area contributed by atoms with E-state index in [1.54, 1.807) is 22.6 Å². The molecule has 5 rings (SSSR count). The van der Waals surface area contributed by atoms with Gasteiger partial charge in [-0.25, -0.2) is 19.3 Å². The Kier molecular flexibility index (Phi) is 5.44. The fourth-order valence-corrected chi connectivity index (χ4v) is 4.03. The molecule has 0 spiro atoms. The SMILES string of the molecule is Cc1ncc(-c2cc3n(n2)CC[C@H](NC(=O)c2ncn(Cc4ccccc4)n2)C(=O)N3C)n1C. The first-order chi connectivity index (χ1) is 16.4. The highest BCUT2D eigenvalue weighted by Gasteiger charge is 2.32. The van der Waals surface area contributed by atoms with Gasteiger partial charge in [0.25, 0.3) is 11.8 Å². The minimum atomic E-state index is -0.706. The number of carbonyl (C=O) groups is 2. The Labute approximate surface area is 196 Å². The van der Waals surface area contributed by atoms with Crippen LogP contribution >= 0.6 is 0 Å². The molecule has 4 aromatic rings. The second-order valence-corrected chi connectivity index (χ2v) is 8.32. The van der Waals surface area contributed by atoms with E-state index in [-0.39, 0.29) is 11.7 Å². The quantitative estimate of drug-likeness (QED) is 0.482. The molecule has 0 unspecified atom stereocenters. The number of benzene rings is 1. The van der Waals surface area contributed by atoms with Gasteiger partial charge in [0.15, 0.2) is 0 Å². The number of amides is 2. The van der Waals surface area contributed by atoms with E-state index in [9.17, 15) is 9.59 Å². The molecule has 1 aromatic carbocycles. The first-order valence-corrected chi connectivity index (χ1v) is 11.0. The second kappa shape index (κ2) is 8.58.